The highest BCUT2D eigenvalue weighted by molar-refractivity contribution is 9.24. The van der Waals surface area contributed by atoms with Crippen LogP contribution in [0.25, 0.3) is 0 Å². The maximum atomic E-state index is 11.3. The molecule has 1 amide bonds. The van der Waals surface area contributed by atoms with E-state index in [2.05, 4.69) is 56.1 Å². The van der Waals surface area contributed by atoms with E-state index in [9.17, 15) is 9.90 Å². The maximum absolute atomic E-state index is 11.3. The largest absolute Gasteiger partial charge is 0.494 e. The first-order chi connectivity index (χ1) is 14.5. The Hall–Kier alpha value is -1.57. The van der Waals surface area contributed by atoms with E-state index in [1.54, 1.807) is 0 Å². The molecule has 1 heterocycles. The van der Waals surface area contributed by atoms with Crippen molar-refractivity contribution in [1.29, 1.82) is 0 Å². The van der Waals surface area contributed by atoms with Gasteiger partial charge in [-0.2, -0.15) is 0 Å². The van der Waals surface area contributed by atoms with Crippen LogP contribution >= 0.6 is 31.9 Å². The average Bonchev–Trinajstić information content (AvgIpc) is 2.77. The third-order valence-electron chi connectivity index (χ3n) is 5.37. The quantitative estimate of drug-likeness (QED) is 0.319. The van der Waals surface area contributed by atoms with E-state index in [4.69, 9.17) is 9.47 Å². The lowest BCUT2D eigenvalue weighted by Gasteiger charge is -2.38. The van der Waals surface area contributed by atoms with Gasteiger partial charge in [0.1, 0.15) is 5.75 Å². The van der Waals surface area contributed by atoms with E-state index in [1.807, 2.05) is 30.3 Å². The summed E-state index contributed by atoms with van der Waals surface area (Å²) in [4.78, 5) is 12.8. The molecule has 7 heteroatoms. The second-order valence-electron chi connectivity index (χ2n) is 7.43. The normalized spacial score (nSPS) is 19.1. The fourth-order valence-electron chi connectivity index (χ4n) is 3.75. The number of likely N-dealkylation sites (tertiary alicyclic amines) is 1. The SMILES string of the molecule is O=C(O)N1CCC(c2ccc(OCCCOCc3ccccc3)cc2)C(C(Br)Br)C1. The lowest BCUT2D eigenvalue weighted by molar-refractivity contribution is 0.107. The summed E-state index contributed by atoms with van der Waals surface area (Å²) in [5, 5.41) is 9.30. The molecule has 0 aliphatic carbocycles. The molecule has 0 radical (unpaired) electrons. The molecule has 0 saturated carbocycles. The number of carbonyl (C=O) groups is 1. The number of benzene rings is 2. The third kappa shape index (κ3) is 6.72. The number of nitrogens with zero attached hydrogens (tertiary/aromatic N) is 1. The number of halogens is 2. The minimum atomic E-state index is -0.851. The fraction of sp³-hybridized carbons (Fsp3) is 0.435. The van der Waals surface area contributed by atoms with Gasteiger partial charge in [0.25, 0.3) is 0 Å². The Balaban J connectivity index is 1.43. The van der Waals surface area contributed by atoms with Crippen molar-refractivity contribution < 1.29 is 19.4 Å². The van der Waals surface area contributed by atoms with Crippen molar-refractivity contribution >= 4 is 38.0 Å². The van der Waals surface area contributed by atoms with Gasteiger partial charge in [-0.25, -0.2) is 4.79 Å². The second kappa shape index (κ2) is 11.7. The predicted molar refractivity (Wildman–Crippen MR) is 125 cm³/mol. The molecule has 2 aromatic rings. The highest BCUT2D eigenvalue weighted by atomic mass is 79.9. The third-order valence-corrected chi connectivity index (χ3v) is 6.73. The average molecular weight is 541 g/mol. The number of rotatable bonds is 9. The molecule has 1 saturated heterocycles. The molecule has 5 nitrogen and oxygen atoms in total. The summed E-state index contributed by atoms with van der Waals surface area (Å²) in [5.74, 6) is 1.31. The molecule has 30 heavy (non-hydrogen) atoms. The number of carboxylic acid groups (broad SMARTS) is 1. The summed E-state index contributed by atoms with van der Waals surface area (Å²) >= 11 is 7.19. The minimum absolute atomic E-state index is 0.0592. The van der Waals surface area contributed by atoms with Crippen LogP contribution in [0.15, 0.2) is 54.6 Å². The number of alkyl halides is 2. The van der Waals surface area contributed by atoms with E-state index >= 15 is 0 Å². The summed E-state index contributed by atoms with van der Waals surface area (Å²) < 4.78 is 11.6. The van der Waals surface area contributed by atoms with E-state index < -0.39 is 6.09 Å². The Labute approximate surface area is 194 Å². The molecule has 1 N–H and O–H groups in total. The first kappa shape index (κ1) is 23.1. The summed E-state index contributed by atoms with van der Waals surface area (Å²) in [7, 11) is 0. The molecule has 2 unspecified atom stereocenters. The summed E-state index contributed by atoms with van der Waals surface area (Å²) in [6.45, 7) is 2.97. The predicted octanol–water partition coefficient (Wildman–Crippen LogP) is 5.87. The zero-order valence-corrected chi connectivity index (χ0v) is 19.9. The van der Waals surface area contributed by atoms with Crippen LogP contribution in [0.3, 0.4) is 0 Å². The van der Waals surface area contributed by atoms with Gasteiger partial charge >= 0.3 is 6.09 Å². The maximum Gasteiger partial charge on any atom is 0.407 e. The van der Waals surface area contributed by atoms with Gasteiger partial charge in [0.05, 0.1) is 23.6 Å². The highest BCUT2D eigenvalue weighted by Crippen LogP contribution is 2.39. The van der Waals surface area contributed by atoms with Crippen LogP contribution in [-0.4, -0.2) is 46.1 Å². The molecule has 3 rings (SSSR count). The van der Waals surface area contributed by atoms with Gasteiger partial charge in [-0.05, 0) is 35.6 Å². The highest BCUT2D eigenvalue weighted by Gasteiger charge is 2.35. The van der Waals surface area contributed by atoms with Gasteiger partial charge in [0.2, 0.25) is 0 Å². The molecule has 0 aromatic heterocycles. The van der Waals surface area contributed by atoms with Crippen molar-refractivity contribution in [1.82, 2.24) is 4.90 Å². The van der Waals surface area contributed by atoms with Crippen molar-refractivity contribution in [2.45, 2.75) is 29.1 Å². The molecular weight excluding hydrogens is 514 g/mol. The van der Waals surface area contributed by atoms with Gasteiger partial charge in [-0.1, -0.05) is 74.3 Å². The number of amides is 1. The minimum Gasteiger partial charge on any atom is -0.494 e. The Kier molecular flexibility index (Phi) is 9.03. The first-order valence-corrected chi connectivity index (χ1v) is 12.0. The Morgan fingerprint density at radius 1 is 1.10 bits per heavy atom. The van der Waals surface area contributed by atoms with Crippen molar-refractivity contribution in [3.8, 4) is 5.75 Å². The van der Waals surface area contributed by atoms with E-state index in [1.165, 1.54) is 16.0 Å². The molecular formula is C23H27Br2NO4. The van der Waals surface area contributed by atoms with Crippen molar-refractivity contribution in [3.63, 3.8) is 0 Å². The summed E-state index contributed by atoms with van der Waals surface area (Å²) in [6, 6.07) is 18.3. The van der Waals surface area contributed by atoms with Crippen LogP contribution in [0.4, 0.5) is 4.79 Å². The van der Waals surface area contributed by atoms with E-state index in [0.29, 0.717) is 38.8 Å². The van der Waals surface area contributed by atoms with Crippen molar-refractivity contribution in [2.24, 2.45) is 5.92 Å². The van der Waals surface area contributed by atoms with E-state index in [0.717, 1.165) is 18.6 Å². The Bertz CT molecular complexity index is 786. The molecule has 162 valence electrons. The van der Waals surface area contributed by atoms with Gasteiger partial charge < -0.3 is 19.5 Å². The number of hydrogen-bond acceptors (Lipinski definition) is 3. The summed E-state index contributed by atoms with van der Waals surface area (Å²) in [5.41, 5.74) is 2.39. The number of hydrogen-bond donors (Lipinski definition) is 1. The first-order valence-electron chi connectivity index (χ1n) is 10.1. The van der Waals surface area contributed by atoms with Crippen LogP contribution < -0.4 is 4.74 Å². The molecule has 1 aliphatic heterocycles. The Morgan fingerprint density at radius 2 is 1.83 bits per heavy atom. The molecule has 2 atom stereocenters. The van der Waals surface area contributed by atoms with Crippen LogP contribution in [0, 0.1) is 5.92 Å². The fourth-order valence-corrected chi connectivity index (χ4v) is 4.82. The second-order valence-corrected chi connectivity index (χ2v) is 10.6. The standard InChI is InChI=1S/C23H27Br2NO4/c24-22(25)21-15-26(23(27)28)12-11-20(21)18-7-9-19(10-8-18)30-14-4-13-29-16-17-5-2-1-3-6-17/h1-3,5-10,20-22H,4,11-16H2,(H,27,28). The Morgan fingerprint density at radius 3 is 2.50 bits per heavy atom. The monoisotopic (exact) mass is 539 g/mol. The van der Waals surface area contributed by atoms with Crippen LogP contribution in [0.5, 0.6) is 5.75 Å². The van der Waals surface area contributed by atoms with Crippen molar-refractivity contribution in [3.05, 3.63) is 65.7 Å². The molecule has 0 spiro atoms. The smallest absolute Gasteiger partial charge is 0.407 e. The zero-order chi connectivity index (χ0) is 21.3. The van der Waals surface area contributed by atoms with Crippen LogP contribution in [0.2, 0.25) is 0 Å². The van der Waals surface area contributed by atoms with Crippen molar-refractivity contribution in [2.75, 3.05) is 26.3 Å². The molecule has 1 fully saturated rings. The van der Waals surface area contributed by atoms with E-state index in [-0.39, 0.29) is 9.65 Å². The molecule has 0 bridgehead atoms. The summed E-state index contributed by atoms with van der Waals surface area (Å²) in [6.07, 6.45) is 0.790. The van der Waals surface area contributed by atoms with Gasteiger partial charge in [-0.3, -0.25) is 0 Å². The van der Waals surface area contributed by atoms with Crippen LogP contribution in [-0.2, 0) is 11.3 Å². The van der Waals surface area contributed by atoms with Crippen LogP contribution in [0.1, 0.15) is 29.9 Å². The molecule has 2 aromatic carbocycles. The van der Waals surface area contributed by atoms with Gasteiger partial charge in [0, 0.05) is 25.4 Å². The molecule has 1 aliphatic rings. The van der Waals surface area contributed by atoms with Gasteiger partial charge in [-0.15, -0.1) is 0 Å². The lowest BCUT2D eigenvalue weighted by Crippen LogP contribution is -2.44. The number of piperidine rings is 1. The lowest BCUT2D eigenvalue weighted by atomic mass is 9.81. The topological polar surface area (TPSA) is 59.0 Å². The zero-order valence-electron chi connectivity index (χ0n) is 16.8. The van der Waals surface area contributed by atoms with Gasteiger partial charge in [0.15, 0.2) is 0 Å². The number of ether oxygens (including phenoxy) is 2.